The molecule has 0 aliphatic carbocycles. The number of carboxylic acids is 2. The number of ketones is 2. The van der Waals surface area contributed by atoms with E-state index in [2.05, 4.69) is 0 Å². The van der Waals surface area contributed by atoms with Gasteiger partial charge in [0.1, 0.15) is 11.9 Å². The number of aliphatic carboxylic acids is 2. The molecule has 0 bridgehead atoms. The fourth-order valence-corrected chi connectivity index (χ4v) is 0.908. The molecule has 0 unspecified atom stereocenters. The van der Waals surface area contributed by atoms with Crippen LogP contribution in [-0.2, 0) is 19.2 Å². The topological polar surface area (TPSA) is 114 Å². The van der Waals surface area contributed by atoms with E-state index < -0.39 is 23.5 Å². The van der Waals surface area contributed by atoms with Gasteiger partial charge in [0.05, 0.1) is 0 Å². The molecule has 6 nitrogen and oxygen atoms in total. The molecule has 20 heavy (non-hydrogen) atoms. The average Bonchev–Trinajstić information content (AvgIpc) is 2.16. The number of Topliss-reactive ketones (excluding diaryl/α,β-unsaturated/α-hetero) is 2. The minimum atomic E-state index is -1.58. The minimum absolute atomic E-state index is 0. The normalized spacial score (nSPS) is 8.70. The summed E-state index contributed by atoms with van der Waals surface area (Å²) in [4.78, 5) is 40.1. The van der Waals surface area contributed by atoms with E-state index in [1.165, 1.54) is 0 Å². The molecule has 0 aliphatic rings. The molecule has 0 aromatic rings. The molecule has 0 saturated carbocycles. The van der Waals surface area contributed by atoms with E-state index in [0.717, 1.165) is 0 Å². The molecule has 0 aromatic carbocycles. The molecule has 0 heterocycles. The van der Waals surface area contributed by atoms with Gasteiger partial charge in [-0.1, -0.05) is 27.7 Å². The smallest absolute Gasteiger partial charge is 0.542 e. The number of hydrogen-bond donors (Lipinski definition) is 0. The zero-order chi connectivity index (χ0) is 14.9. The summed E-state index contributed by atoms with van der Waals surface area (Å²) in [6.45, 7) is 7.11. The van der Waals surface area contributed by atoms with Crippen LogP contribution in [0.2, 0.25) is 0 Å². The van der Waals surface area contributed by atoms with E-state index >= 15 is 0 Å². The molecular formula is C12H19CaClO6. The Balaban J connectivity index is -0.000000116. The predicted molar refractivity (Wildman–Crippen MR) is 71.9 cm³/mol. The molecule has 8 heteroatoms. The Morgan fingerprint density at radius 2 is 0.950 bits per heavy atom. The van der Waals surface area contributed by atoms with Crippen LogP contribution in [0.25, 0.3) is 0 Å². The van der Waals surface area contributed by atoms with Crippen LogP contribution in [0.3, 0.4) is 0 Å². The average molecular weight is 335 g/mol. The maximum Gasteiger partial charge on any atom is 2.00 e. The summed E-state index contributed by atoms with van der Waals surface area (Å²) in [6.07, 6.45) is 0.144. The number of carbonyl (C=O) groups excluding carboxylic acids is 4. The predicted octanol–water partition coefficient (Wildman–Crippen LogP) is -1.26. The first kappa shape index (κ1) is 28.1. The van der Waals surface area contributed by atoms with E-state index in [-0.39, 0.29) is 74.8 Å². The Bertz CT molecular complexity index is 296. The van der Waals surface area contributed by atoms with Gasteiger partial charge in [0.2, 0.25) is 0 Å². The van der Waals surface area contributed by atoms with Gasteiger partial charge in [-0.15, -0.1) is 12.4 Å². The van der Waals surface area contributed by atoms with Crippen LogP contribution in [0.15, 0.2) is 0 Å². The molecule has 0 spiro atoms. The van der Waals surface area contributed by atoms with Crippen molar-refractivity contribution >= 4 is 73.7 Å². The summed E-state index contributed by atoms with van der Waals surface area (Å²) in [6, 6.07) is 0. The molecule has 0 N–H and O–H groups in total. The van der Waals surface area contributed by atoms with Crippen molar-refractivity contribution in [3.05, 3.63) is 0 Å². The van der Waals surface area contributed by atoms with Crippen LogP contribution >= 0.6 is 12.4 Å². The Hall–Kier alpha value is -0.170. The van der Waals surface area contributed by atoms with Crippen molar-refractivity contribution in [2.75, 3.05) is 0 Å². The Morgan fingerprint density at radius 3 is 1.00 bits per heavy atom. The van der Waals surface area contributed by atoms with Crippen LogP contribution in [0.1, 0.15) is 40.5 Å². The van der Waals surface area contributed by atoms with Gasteiger partial charge in [0.15, 0.2) is 11.6 Å². The van der Waals surface area contributed by atoms with Crippen LogP contribution in [-0.4, -0.2) is 61.2 Å². The first-order valence-electron chi connectivity index (χ1n) is 5.56. The van der Waals surface area contributed by atoms with E-state index in [1.807, 2.05) is 0 Å². The monoisotopic (exact) mass is 334 g/mol. The second-order valence-electron chi connectivity index (χ2n) is 4.62. The maximum absolute atomic E-state index is 10.3. The maximum atomic E-state index is 10.3. The van der Waals surface area contributed by atoms with Gasteiger partial charge in [-0.05, 0) is 11.8 Å². The molecule has 112 valence electrons. The first-order valence-corrected chi connectivity index (χ1v) is 5.56. The first-order chi connectivity index (χ1) is 8.07. The van der Waals surface area contributed by atoms with E-state index in [0.29, 0.717) is 0 Å². The van der Waals surface area contributed by atoms with Gasteiger partial charge in [0.25, 0.3) is 0 Å². The molecule has 0 aromatic heterocycles. The van der Waals surface area contributed by atoms with Gasteiger partial charge in [-0.3, -0.25) is 9.59 Å². The second-order valence-corrected chi connectivity index (χ2v) is 4.62. The Labute approximate surface area is 154 Å². The summed E-state index contributed by atoms with van der Waals surface area (Å²) in [5.74, 6) is -4.60. The molecule has 0 atom stereocenters. The zero-order valence-electron chi connectivity index (χ0n) is 12.1. The van der Waals surface area contributed by atoms with Gasteiger partial charge in [-0.25, -0.2) is 0 Å². The number of carbonyl (C=O) groups is 4. The molecule has 0 fully saturated rings. The standard InChI is InChI=1S/2C6H10O3.Ca.ClH/c2*1-4(2)3-5(7)6(8)9;;/h2*4H,3H2,1-2H3,(H,8,9);;1H/q;;+2;/p-2. The molecular weight excluding hydrogens is 316 g/mol. The summed E-state index contributed by atoms with van der Waals surface area (Å²) in [5.41, 5.74) is 0. The van der Waals surface area contributed by atoms with Crippen molar-refractivity contribution in [2.24, 2.45) is 11.8 Å². The Morgan fingerprint density at radius 1 is 0.750 bits per heavy atom. The van der Waals surface area contributed by atoms with Crippen LogP contribution in [0.5, 0.6) is 0 Å². The zero-order valence-corrected chi connectivity index (χ0v) is 15.2. The van der Waals surface area contributed by atoms with Crippen molar-refractivity contribution in [3.63, 3.8) is 0 Å². The third-order valence-corrected chi connectivity index (χ3v) is 1.64. The van der Waals surface area contributed by atoms with Crippen molar-refractivity contribution in [2.45, 2.75) is 40.5 Å². The van der Waals surface area contributed by atoms with Gasteiger partial charge in [0, 0.05) is 12.8 Å². The molecule has 0 radical (unpaired) electrons. The van der Waals surface area contributed by atoms with Crippen molar-refractivity contribution in [1.82, 2.24) is 0 Å². The summed E-state index contributed by atoms with van der Waals surface area (Å²) in [5, 5.41) is 19.5. The summed E-state index contributed by atoms with van der Waals surface area (Å²) in [7, 11) is 0. The quantitative estimate of drug-likeness (QED) is 0.442. The van der Waals surface area contributed by atoms with E-state index in [4.69, 9.17) is 0 Å². The second kappa shape index (κ2) is 15.2. The fourth-order valence-electron chi connectivity index (χ4n) is 0.908. The molecule has 0 aliphatic heterocycles. The van der Waals surface area contributed by atoms with Gasteiger partial charge < -0.3 is 19.8 Å². The third-order valence-electron chi connectivity index (χ3n) is 1.64. The van der Waals surface area contributed by atoms with Crippen molar-refractivity contribution < 1.29 is 29.4 Å². The van der Waals surface area contributed by atoms with Crippen LogP contribution < -0.4 is 10.2 Å². The van der Waals surface area contributed by atoms with E-state index in [9.17, 15) is 29.4 Å². The van der Waals surface area contributed by atoms with E-state index in [1.54, 1.807) is 27.7 Å². The Kier molecular flexibility index (Phi) is 21.4. The molecule has 0 amide bonds. The van der Waals surface area contributed by atoms with Crippen LogP contribution in [0.4, 0.5) is 0 Å². The number of carboxylic acid groups (broad SMARTS) is 2. The van der Waals surface area contributed by atoms with Gasteiger partial charge in [-0.2, -0.15) is 0 Å². The molecule has 0 saturated heterocycles. The van der Waals surface area contributed by atoms with Crippen molar-refractivity contribution in [1.29, 1.82) is 0 Å². The number of rotatable bonds is 6. The summed E-state index contributed by atoms with van der Waals surface area (Å²) >= 11 is 0. The van der Waals surface area contributed by atoms with Crippen molar-refractivity contribution in [3.8, 4) is 0 Å². The fraction of sp³-hybridized carbons (Fsp3) is 0.667. The number of halogens is 1. The minimum Gasteiger partial charge on any atom is -0.542 e. The van der Waals surface area contributed by atoms with Gasteiger partial charge >= 0.3 is 37.7 Å². The molecule has 0 rings (SSSR count). The third kappa shape index (κ3) is 20.2. The number of hydrogen-bond acceptors (Lipinski definition) is 6. The largest absolute Gasteiger partial charge is 2.00 e. The summed E-state index contributed by atoms with van der Waals surface area (Å²) < 4.78 is 0. The van der Waals surface area contributed by atoms with Crippen LogP contribution in [0, 0.1) is 11.8 Å². The SMILES string of the molecule is CC(C)CC(=O)C(=O)[O-].CC(C)CC(=O)C(=O)[O-].Cl.[Ca+2].